The van der Waals surface area contributed by atoms with E-state index in [1.54, 1.807) is 11.8 Å². The van der Waals surface area contributed by atoms with Crippen molar-refractivity contribution in [1.82, 2.24) is 4.98 Å². The molecule has 2 unspecified atom stereocenters. The third kappa shape index (κ3) is 2.61. The number of aromatic nitrogens is 1. The number of carbonyl (C=O) groups is 1. The molecular weight excluding hydrogens is 250 g/mol. The molecule has 1 aromatic heterocycles. The minimum Gasteiger partial charge on any atom is -0.462 e. The van der Waals surface area contributed by atoms with E-state index in [0.717, 1.165) is 0 Å². The first-order chi connectivity index (χ1) is 9.04. The highest BCUT2D eigenvalue weighted by atomic mass is 16.5. The summed E-state index contributed by atoms with van der Waals surface area (Å²) in [6.45, 7) is 2.43. The Hall–Kier alpha value is -1.86. The van der Waals surface area contributed by atoms with Crippen molar-refractivity contribution in [2.75, 3.05) is 30.3 Å². The van der Waals surface area contributed by atoms with Gasteiger partial charge in [-0.2, -0.15) is 0 Å². The summed E-state index contributed by atoms with van der Waals surface area (Å²) < 4.78 is 4.90. The summed E-state index contributed by atoms with van der Waals surface area (Å²) in [6, 6.07) is 1.49. The first-order valence-electron chi connectivity index (χ1n) is 6.07. The first-order valence-corrected chi connectivity index (χ1v) is 6.07. The van der Waals surface area contributed by atoms with Crippen LogP contribution in [0, 0.1) is 0 Å². The van der Waals surface area contributed by atoms with E-state index in [1.165, 1.54) is 12.3 Å². The second kappa shape index (κ2) is 5.41. The Kier molecular flexibility index (Phi) is 3.87. The lowest BCUT2D eigenvalue weighted by Gasteiger charge is -2.19. The molecule has 2 atom stereocenters. The summed E-state index contributed by atoms with van der Waals surface area (Å²) in [4.78, 5) is 17.5. The second-order valence-electron chi connectivity index (χ2n) is 4.36. The number of rotatable bonds is 3. The molecule has 1 saturated heterocycles. The van der Waals surface area contributed by atoms with Crippen molar-refractivity contribution >= 4 is 17.5 Å². The quantitative estimate of drug-likeness (QED) is 0.626. The van der Waals surface area contributed by atoms with Crippen LogP contribution in [0.5, 0.6) is 0 Å². The molecule has 104 valence electrons. The van der Waals surface area contributed by atoms with Crippen LogP contribution in [0.15, 0.2) is 12.3 Å². The number of aliphatic hydroxyl groups excluding tert-OH is 2. The standard InChI is InChI=1S/C12H17N3O4/c1-2-19-12(18)7-3-4-14-11(10(7)13)15-5-8(16)9(17)6-15/h3-4,8-9,16-17H,2,5-6,13H2,1H3. The molecule has 0 saturated carbocycles. The van der Waals surface area contributed by atoms with Gasteiger partial charge in [0.05, 0.1) is 30.1 Å². The van der Waals surface area contributed by atoms with Gasteiger partial charge < -0.3 is 25.6 Å². The predicted octanol–water partition coefficient (Wildman–Crippen LogP) is -0.618. The fourth-order valence-corrected chi connectivity index (χ4v) is 2.04. The zero-order chi connectivity index (χ0) is 14.0. The Morgan fingerprint density at radius 3 is 2.74 bits per heavy atom. The van der Waals surface area contributed by atoms with Crippen molar-refractivity contribution in [3.63, 3.8) is 0 Å². The molecule has 19 heavy (non-hydrogen) atoms. The van der Waals surface area contributed by atoms with E-state index < -0.39 is 18.2 Å². The topological polar surface area (TPSA) is 109 Å². The number of esters is 1. The molecule has 7 heteroatoms. The van der Waals surface area contributed by atoms with Crippen molar-refractivity contribution < 1.29 is 19.7 Å². The van der Waals surface area contributed by atoms with E-state index in [1.807, 2.05) is 0 Å². The molecule has 7 nitrogen and oxygen atoms in total. The van der Waals surface area contributed by atoms with Gasteiger partial charge in [-0.15, -0.1) is 0 Å². The molecule has 2 rings (SSSR count). The zero-order valence-electron chi connectivity index (χ0n) is 10.6. The molecule has 0 radical (unpaired) electrons. The van der Waals surface area contributed by atoms with Crippen LogP contribution in [0.4, 0.5) is 11.5 Å². The molecule has 0 amide bonds. The van der Waals surface area contributed by atoms with Crippen LogP contribution in [-0.4, -0.2) is 53.1 Å². The Morgan fingerprint density at radius 1 is 1.53 bits per heavy atom. The Bertz CT molecular complexity index is 470. The Balaban J connectivity index is 2.28. The molecule has 1 aromatic rings. The third-order valence-corrected chi connectivity index (χ3v) is 3.02. The van der Waals surface area contributed by atoms with Gasteiger partial charge >= 0.3 is 5.97 Å². The van der Waals surface area contributed by atoms with E-state index in [-0.39, 0.29) is 30.9 Å². The van der Waals surface area contributed by atoms with E-state index in [2.05, 4.69) is 4.98 Å². The normalized spacial score (nSPS) is 22.6. The maximum atomic E-state index is 11.7. The average Bonchev–Trinajstić information content (AvgIpc) is 2.70. The number of β-amino-alcohol motifs (C(OH)–C–C–N with tert-alkyl or cyclic N) is 2. The van der Waals surface area contributed by atoms with Gasteiger partial charge in [0.1, 0.15) is 0 Å². The number of anilines is 2. The van der Waals surface area contributed by atoms with Gasteiger partial charge in [-0.1, -0.05) is 0 Å². The van der Waals surface area contributed by atoms with Crippen LogP contribution in [0.1, 0.15) is 17.3 Å². The summed E-state index contributed by atoms with van der Waals surface area (Å²) in [6.07, 6.45) is -0.227. The number of ether oxygens (including phenoxy) is 1. The van der Waals surface area contributed by atoms with Crippen LogP contribution in [0.3, 0.4) is 0 Å². The Labute approximate surface area is 110 Å². The number of nitrogens with zero attached hydrogens (tertiary/aromatic N) is 2. The van der Waals surface area contributed by atoms with E-state index in [0.29, 0.717) is 5.82 Å². The van der Waals surface area contributed by atoms with Crippen LogP contribution in [0.25, 0.3) is 0 Å². The second-order valence-corrected chi connectivity index (χ2v) is 4.36. The Morgan fingerprint density at radius 2 is 2.16 bits per heavy atom. The molecule has 2 heterocycles. The highest BCUT2D eigenvalue weighted by molar-refractivity contribution is 5.97. The molecule has 0 aromatic carbocycles. The maximum absolute atomic E-state index is 11.7. The molecule has 0 aliphatic carbocycles. The number of hydrogen-bond acceptors (Lipinski definition) is 7. The largest absolute Gasteiger partial charge is 0.462 e. The average molecular weight is 267 g/mol. The molecule has 0 spiro atoms. The van der Waals surface area contributed by atoms with E-state index in [9.17, 15) is 15.0 Å². The monoisotopic (exact) mass is 267 g/mol. The van der Waals surface area contributed by atoms with E-state index >= 15 is 0 Å². The van der Waals surface area contributed by atoms with Crippen LogP contribution in [-0.2, 0) is 4.74 Å². The van der Waals surface area contributed by atoms with Gasteiger partial charge in [-0.05, 0) is 13.0 Å². The molecule has 0 bridgehead atoms. The van der Waals surface area contributed by atoms with Gasteiger partial charge in [0.15, 0.2) is 5.82 Å². The van der Waals surface area contributed by atoms with Gasteiger partial charge in [-0.25, -0.2) is 9.78 Å². The highest BCUT2D eigenvalue weighted by Gasteiger charge is 2.32. The van der Waals surface area contributed by atoms with Gasteiger partial charge in [-0.3, -0.25) is 0 Å². The smallest absolute Gasteiger partial charge is 0.340 e. The summed E-state index contributed by atoms with van der Waals surface area (Å²) in [7, 11) is 0. The third-order valence-electron chi connectivity index (χ3n) is 3.02. The number of nitrogens with two attached hydrogens (primary N) is 1. The highest BCUT2D eigenvalue weighted by Crippen LogP contribution is 2.27. The molecule has 4 N–H and O–H groups in total. The number of aliphatic hydroxyl groups is 2. The lowest BCUT2D eigenvalue weighted by Crippen LogP contribution is -2.24. The first kappa shape index (κ1) is 13.6. The fourth-order valence-electron chi connectivity index (χ4n) is 2.04. The van der Waals surface area contributed by atoms with Gasteiger partial charge in [0.2, 0.25) is 0 Å². The predicted molar refractivity (Wildman–Crippen MR) is 68.8 cm³/mol. The van der Waals surface area contributed by atoms with Crippen LogP contribution < -0.4 is 10.6 Å². The van der Waals surface area contributed by atoms with Gasteiger partial charge in [0, 0.05) is 19.3 Å². The molecular formula is C12H17N3O4. The van der Waals surface area contributed by atoms with Crippen molar-refractivity contribution in [3.8, 4) is 0 Å². The summed E-state index contributed by atoms with van der Waals surface area (Å²) in [5, 5.41) is 19.1. The van der Waals surface area contributed by atoms with Crippen LogP contribution in [0.2, 0.25) is 0 Å². The van der Waals surface area contributed by atoms with Crippen LogP contribution >= 0.6 is 0 Å². The summed E-state index contributed by atoms with van der Waals surface area (Å²) >= 11 is 0. The number of nitrogen functional groups attached to an aromatic ring is 1. The number of hydrogen-bond donors (Lipinski definition) is 3. The van der Waals surface area contributed by atoms with Gasteiger partial charge in [0.25, 0.3) is 0 Å². The summed E-state index contributed by atoms with van der Waals surface area (Å²) in [5.41, 5.74) is 6.35. The maximum Gasteiger partial charge on any atom is 0.340 e. The lowest BCUT2D eigenvalue weighted by molar-refractivity contribution is 0.0527. The summed E-state index contributed by atoms with van der Waals surface area (Å²) in [5.74, 6) is -0.134. The van der Waals surface area contributed by atoms with Crippen molar-refractivity contribution in [2.45, 2.75) is 19.1 Å². The molecule has 1 fully saturated rings. The number of carbonyl (C=O) groups excluding carboxylic acids is 1. The van der Waals surface area contributed by atoms with Crippen molar-refractivity contribution in [1.29, 1.82) is 0 Å². The lowest BCUT2D eigenvalue weighted by atomic mass is 10.2. The SMILES string of the molecule is CCOC(=O)c1ccnc(N2CC(O)C(O)C2)c1N. The number of pyridine rings is 1. The molecule has 1 aliphatic heterocycles. The van der Waals surface area contributed by atoms with Crippen molar-refractivity contribution in [2.24, 2.45) is 0 Å². The molecule has 1 aliphatic rings. The van der Waals surface area contributed by atoms with Crippen molar-refractivity contribution in [3.05, 3.63) is 17.8 Å². The minimum absolute atomic E-state index is 0.197. The zero-order valence-corrected chi connectivity index (χ0v) is 10.6. The minimum atomic E-state index is -0.840. The van der Waals surface area contributed by atoms with E-state index in [4.69, 9.17) is 10.5 Å². The fraction of sp³-hybridized carbons (Fsp3) is 0.500.